The van der Waals surface area contributed by atoms with Gasteiger partial charge in [0.1, 0.15) is 6.04 Å². The van der Waals surface area contributed by atoms with E-state index in [2.05, 4.69) is 17.0 Å². The number of carbonyl (C=O) groups is 1. The predicted molar refractivity (Wildman–Crippen MR) is 79.3 cm³/mol. The quantitative estimate of drug-likeness (QED) is 0.802. The van der Waals surface area contributed by atoms with E-state index >= 15 is 0 Å². The minimum absolute atomic E-state index is 0.0658. The van der Waals surface area contributed by atoms with Gasteiger partial charge in [0.15, 0.2) is 0 Å². The lowest BCUT2D eigenvalue weighted by Gasteiger charge is -2.23. The van der Waals surface area contributed by atoms with E-state index in [0.717, 1.165) is 38.8 Å². The van der Waals surface area contributed by atoms with E-state index in [-0.39, 0.29) is 18.1 Å². The number of likely N-dealkylation sites (tertiary alicyclic amines) is 1. The average molecular weight is 276 g/mol. The highest BCUT2D eigenvalue weighted by Gasteiger charge is 2.31. The Balaban J connectivity index is 1.78. The molecular weight excluding hydrogens is 252 g/mol. The first kappa shape index (κ1) is 15.0. The molecule has 0 bridgehead atoms. The molecule has 2 rings (SSSR count). The van der Waals surface area contributed by atoms with Crippen LogP contribution in [0.5, 0.6) is 0 Å². The van der Waals surface area contributed by atoms with Crippen molar-refractivity contribution in [3.63, 3.8) is 0 Å². The standard InChI is InChI=1S/C16H24N2O2/c1-20-16(19)15-8-5-10-18(15)11-9-14(17)12-13-6-3-2-4-7-13/h2-4,6-7,14-15H,5,8-12,17H2,1H3. The molecule has 2 N–H and O–H groups in total. The lowest BCUT2D eigenvalue weighted by Crippen LogP contribution is -2.39. The monoisotopic (exact) mass is 276 g/mol. The normalized spacial score (nSPS) is 20.8. The summed E-state index contributed by atoms with van der Waals surface area (Å²) in [6, 6.07) is 10.4. The average Bonchev–Trinajstić information content (AvgIpc) is 2.94. The SMILES string of the molecule is COC(=O)C1CCCN1CCC(N)Cc1ccccc1. The number of methoxy groups -OCH3 is 1. The molecule has 110 valence electrons. The molecule has 0 amide bonds. The van der Waals surface area contributed by atoms with Crippen LogP contribution in [0.4, 0.5) is 0 Å². The van der Waals surface area contributed by atoms with Gasteiger partial charge in [-0.3, -0.25) is 9.69 Å². The maximum absolute atomic E-state index is 11.7. The fourth-order valence-electron chi connectivity index (χ4n) is 2.85. The third-order valence-corrected chi connectivity index (χ3v) is 3.96. The van der Waals surface area contributed by atoms with Crippen molar-refractivity contribution in [2.75, 3.05) is 20.2 Å². The highest BCUT2D eigenvalue weighted by Crippen LogP contribution is 2.19. The Hall–Kier alpha value is -1.39. The van der Waals surface area contributed by atoms with Crippen molar-refractivity contribution in [1.82, 2.24) is 4.90 Å². The van der Waals surface area contributed by atoms with Gasteiger partial charge in [-0.1, -0.05) is 30.3 Å². The molecule has 1 heterocycles. The van der Waals surface area contributed by atoms with Crippen molar-refractivity contribution in [1.29, 1.82) is 0 Å². The number of ether oxygens (including phenoxy) is 1. The third-order valence-electron chi connectivity index (χ3n) is 3.96. The van der Waals surface area contributed by atoms with Crippen molar-refractivity contribution >= 4 is 5.97 Å². The number of nitrogens with two attached hydrogens (primary N) is 1. The Labute approximate surface area is 120 Å². The second kappa shape index (κ2) is 7.41. The molecule has 1 aliphatic rings. The van der Waals surface area contributed by atoms with E-state index in [9.17, 15) is 4.79 Å². The number of esters is 1. The molecule has 20 heavy (non-hydrogen) atoms. The molecule has 0 radical (unpaired) electrons. The van der Waals surface area contributed by atoms with Gasteiger partial charge in [0.25, 0.3) is 0 Å². The van der Waals surface area contributed by atoms with Gasteiger partial charge in [0, 0.05) is 12.6 Å². The number of rotatable bonds is 6. The van der Waals surface area contributed by atoms with Crippen LogP contribution >= 0.6 is 0 Å². The van der Waals surface area contributed by atoms with E-state index in [1.165, 1.54) is 12.7 Å². The van der Waals surface area contributed by atoms with Gasteiger partial charge in [-0.15, -0.1) is 0 Å². The topological polar surface area (TPSA) is 55.6 Å². The Morgan fingerprint density at radius 2 is 2.20 bits per heavy atom. The molecule has 2 atom stereocenters. The zero-order valence-corrected chi connectivity index (χ0v) is 12.1. The van der Waals surface area contributed by atoms with E-state index < -0.39 is 0 Å². The van der Waals surface area contributed by atoms with Gasteiger partial charge in [-0.05, 0) is 37.8 Å². The van der Waals surface area contributed by atoms with Gasteiger partial charge in [-0.25, -0.2) is 0 Å². The molecule has 0 spiro atoms. The molecule has 1 aliphatic heterocycles. The summed E-state index contributed by atoms with van der Waals surface area (Å²) in [4.78, 5) is 13.9. The van der Waals surface area contributed by atoms with Crippen molar-refractivity contribution in [2.45, 2.75) is 37.8 Å². The number of hydrogen-bond acceptors (Lipinski definition) is 4. The van der Waals surface area contributed by atoms with Crippen LogP contribution in [-0.2, 0) is 16.0 Å². The summed E-state index contributed by atoms with van der Waals surface area (Å²) in [5, 5.41) is 0. The molecule has 0 saturated carbocycles. The van der Waals surface area contributed by atoms with E-state index in [1.54, 1.807) is 0 Å². The highest BCUT2D eigenvalue weighted by molar-refractivity contribution is 5.75. The summed E-state index contributed by atoms with van der Waals surface area (Å²) >= 11 is 0. The number of carbonyl (C=O) groups excluding carboxylic acids is 1. The molecule has 2 unspecified atom stereocenters. The zero-order chi connectivity index (χ0) is 14.4. The van der Waals surface area contributed by atoms with Crippen molar-refractivity contribution < 1.29 is 9.53 Å². The Morgan fingerprint density at radius 3 is 2.90 bits per heavy atom. The van der Waals surface area contributed by atoms with Crippen LogP contribution in [0.1, 0.15) is 24.8 Å². The first-order valence-corrected chi connectivity index (χ1v) is 7.32. The lowest BCUT2D eigenvalue weighted by molar-refractivity contribution is -0.145. The van der Waals surface area contributed by atoms with E-state index in [0.29, 0.717) is 0 Å². The zero-order valence-electron chi connectivity index (χ0n) is 12.1. The van der Waals surface area contributed by atoms with E-state index in [4.69, 9.17) is 10.5 Å². The largest absolute Gasteiger partial charge is 0.468 e. The molecule has 4 heteroatoms. The van der Waals surface area contributed by atoms with Crippen LogP contribution in [0.2, 0.25) is 0 Å². The summed E-state index contributed by atoms with van der Waals surface area (Å²) in [6.45, 7) is 1.84. The smallest absolute Gasteiger partial charge is 0.323 e. The summed E-state index contributed by atoms with van der Waals surface area (Å²) in [7, 11) is 1.46. The van der Waals surface area contributed by atoms with Gasteiger partial charge < -0.3 is 10.5 Å². The fourth-order valence-corrected chi connectivity index (χ4v) is 2.85. The molecule has 1 aromatic rings. The van der Waals surface area contributed by atoms with Gasteiger partial charge >= 0.3 is 5.97 Å². The first-order chi connectivity index (χ1) is 9.70. The minimum Gasteiger partial charge on any atom is -0.468 e. The Bertz CT molecular complexity index is 422. The van der Waals surface area contributed by atoms with Crippen LogP contribution in [0.25, 0.3) is 0 Å². The Morgan fingerprint density at radius 1 is 1.45 bits per heavy atom. The second-order valence-electron chi connectivity index (χ2n) is 5.46. The predicted octanol–water partition coefficient (Wildman–Crippen LogP) is 1.58. The summed E-state index contributed by atoms with van der Waals surface area (Å²) < 4.78 is 4.85. The van der Waals surface area contributed by atoms with Gasteiger partial charge in [0.2, 0.25) is 0 Å². The first-order valence-electron chi connectivity index (χ1n) is 7.32. The molecule has 1 fully saturated rings. The van der Waals surface area contributed by atoms with E-state index in [1.807, 2.05) is 18.2 Å². The van der Waals surface area contributed by atoms with Crippen molar-refractivity contribution in [3.05, 3.63) is 35.9 Å². The van der Waals surface area contributed by atoms with Crippen LogP contribution in [0, 0.1) is 0 Å². The molecular formula is C16H24N2O2. The maximum Gasteiger partial charge on any atom is 0.323 e. The summed E-state index contributed by atoms with van der Waals surface area (Å²) in [5.74, 6) is -0.112. The molecule has 1 saturated heterocycles. The molecule has 0 aromatic heterocycles. The fraction of sp³-hybridized carbons (Fsp3) is 0.562. The van der Waals surface area contributed by atoms with Crippen LogP contribution in [-0.4, -0.2) is 43.2 Å². The van der Waals surface area contributed by atoms with Crippen LogP contribution in [0.15, 0.2) is 30.3 Å². The van der Waals surface area contributed by atoms with Crippen molar-refractivity contribution in [2.24, 2.45) is 5.73 Å². The second-order valence-corrected chi connectivity index (χ2v) is 5.46. The van der Waals surface area contributed by atoms with Crippen LogP contribution < -0.4 is 5.73 Å². The van der Waals surface area contributed by atoms with Crippen LogP contribution in [0.3, 0.4) is 0 Å². The Kier molecular flexibility index (Phi) is 5.56. The minimum atomic E-state index is -0.112. The summed E-state index contributed by atoms with van der Waals surface area (Å²) in [5.41, 5.74) is 7.46. The number of hydrogen-bond donors (Lipinski definition) is 1. The molecule has 4 nitrogen and oxygen atoms in total. The number of nitrogens with zero attached hydrogens (tertiary/aromatic N) is 1. The highest BCUT2D eigenvalue weighted by atomic mass is 16.5. The molecule has 0 aliphatic carbocycles. The molecule has 1 aromatic carbocycles. The lowest BCUT2D eigenvalue weighted by atomic mass is 10.0. The third kappa shape index (κ3) is 4.05. The van der Waals surface area contributed by atoms with Gasteiger partial charge in [-0.2, -0.15) is 0 Å². The number of benzene rings is 1. The van der Waals surface area contributed by atoms with Gasteiger partial charge in [0.05, 0.1) is 7.11 Å². The summed E-state index contributed by atoms with van der Waals surface area (Å²) in [6.07, 6.45) is 3.76. The van der Waals surface area contributed by atoms with Crippen molar-refractivity contribution in [3.8, 4) is 0 Å². The maximum atomic E-state index is 11.7.